The summed E-state index contributed by atoms with van der Waals surface area (Å²) in [5.74, 6) is 0.440. The molecule has 0 saturated heterocycles. The number of nitrogens with one attached hydrogen (secondary N) is 1. The highest BCUT2D eigenvalue weighted by atomic mass is 16.5. The first-order valence-electron chi connectivity index (χ1n) is 9.01. The van der Waals surface area contributed by atoms with Crippen LogP contribution in [-0.2, 0) is 0 Å². The van der Waals surface area contributed by atoms with E-state index in [2.05, 4.69) is 17.2 Å². The van der Waals surface area contributed by atoms with Crippen molar-refractivity contribution in [3.05, 3.63) is 52.8 Å². The Labute approximate surface area is 150 Å². The molecule has 134 valence electrons. The molecule has 4 nitrogen and oxygen atoms in total. The number of carbonyl (C=O) groups is 1. The van der Waals surface area contributed by atoms with Crippen LogP contribution in [0.3, 0.4) is 0 Å². The van der Waals surface area contributed by atoms with E-state index in [1.165, 1.54) is 12.8 Å². The molecule has 1 aromatic heterocycles. The van der Waals surface area contributed by atoms with Gasteiger partial charge in [-0.2, -0.15) is 0 Å². The van der Waals surface area contributed by atoms with Gasteiger partial charge in [0.1, 0.15) is 11.3 Å². The Morgan fingerprint density at radius 3 is 2.60 bits per heavy atom. The van der Waals surface area contributed by atoms with Crippen LogP contribution in [0.4, 0.5) is 5.69 Å². The normalized spacial score (nSPS) is 10.6. The minimum Gasteiger partial charge on any atom is -0.493 e. The first-order valence-corrected chi connectivity index (χ1v) is 9.01. The van der Waals surface area contributed by atoms with Gasteiger partial charge >= 0.3 is 0 Å². The van der Waals surface area contributed by atoms with Crippen LogP contribution in [0.2, 0.25) is 0 Å². The van der Waals surface area contributed by atoms with Crippen LogP contribution < -0.4 is 10.1 Å². The number of aryl methyl sites for hydroxylation is 3. The van der Waals surface area contributed by atoms with Crippen LogP contribution in [0.15, 0.2) is 30.3 Å². The van der Waals surface area contributed by atoms with Crippen molar-refractivity contribution >= 4 is 11.6 Å². The zero-order valence-corrected chi connectivity index (χ0v) is 15.7. The summed E-state index contributed by atoms with van der Waals surface area (Å²) < 4.78 is 5.93. The van der Waals surface area contributed by atoms with E-state index in [0.29, 0.717) is 23.6 Å². The number of amides is 1. The third-order valence-corrected chi connectivity index (χ3v) is 4.17. The van der Waals surface area contributed by atoms with Crippen molar-refractivity contribution < 1.29 is 9.53 Å². The van der Waals surface area contributed by atoms with E-state index in [1.807, 2.05) is 51.1 Å². The van der Waals surface area contributed by atoms with Crippen molar-refractivity contribution in [2.24, 2.45) is 0 Å². The third kappa shape index (κ3) is 5.31. The Bertz CT molecular complexity index is 726. The van der Waals surface area contributed by atoms with Crippen molar-refractivity contribution in [2.45, 2.75) is 53.4 Å². The monoisotopic (exact) mass is 340 g/mol. The van der Waals surface area contributed by atoms with Gasteiger partial charge in [0.25, 0.3) is 5.91 Å². The van der Waals surface area contributed by atoms with E-state index in [4.69, 9.17) is 4.74 Å². The number of carbonyl (C=O) groups excluding carboxylic acids is 1. The summed E-state index contributed by atoms with van der Waals surface area (Å²) >= 11 is 0. The quantitative estimate of drug-likeness (QED) is 0.670. The van der Waals surface area contributed by atoms with Crippen molar-refractivity contribution in [2.75, 3.05) is 11.9 Å². The van der Waals surface area contributed by atoms with Crippen LogP contribution in [-0.4, -0.2) is 17.5 Å². The molecule has 0 fully saturated rings. The minimum absolute atomic E-state index is 0.178. The fraction of sp³-hybridized carbons (Fsp3) is 0.429. The van der Waals surface area contributed by atoms with Gasteiger partial charge in [-0.3, -0.25) is 9.78 Å². The van der Waals surface area contributed by atoms with Crippen LogP contribution in [0.1, 0.15) is 59.9 Å². The van der Waals surface area contributed by atoms with E-state index < -0.39 is 0 Å². The number of ether oxygens (including phenoxy) is 1. The van der Waals surface area contributed by atoms with Gasteiger partial charge in [0.2, 0.25) is 0 Å². The highest BCUT2D eigenvalue weighted by Crippen LogP contribution is 2.25. The molecule has 1 aromatic carbocycles. The predicted octanol–water partition coefficient (Wildman–Crippen LogP) is 5.22. The van der Waals surface area contributed by atoms with Gasteiger partial charge in [0.05, 0.1) is 12.3 Å². The predicted molar refractivity (Wildman–Crippen MR) is 102 cm³/mol. The smallest absolute Gasteiger partial charge is 0.261 e. The molecule has 0 spiro atoms. The third-order valence-electron chi connectivity index (χ3n) is 4.17. The van der Waals surface area contributed by atoms with E-state index >= 15 is 0 Å². The summed E-state index contributed by atoms with van der Waals surface area (Å²) in [5.41, 5.74) is 3.89. The second-order valence-electron chi connectivity index (χ2n) is 6.40. The molecule has 2 rings (SSSR count). The average Bonchev–Trinajstić information content (AvgIpc) is 2.56. The highest BCUT2D eigenvalue weighted by molar-refractivity contribution is 6.07. The van der Waals surface area contributed by atoms with Crippen molar-refractivity contribution in [1.82, 2.24) is 4.98 Å². The first-order chi connectivity index (χ1) is 12.0. The second-order valence-corrected chi connectivity index (χ2v) is 6.40. The van der Waals surface area contributed by atoms with Gasteiger partial charge in [-0.05, 0) is 38.8 Å². The number of hydrogen-bond acceptors (Lipinski definition) is 3. The summed E-state index contributed by atoms with van der Waals surface area (Å²) in [7, 11) is 0. The Balaban J connectivity index is 2.17. The summed E-state index contributed by atoms with van der Waals surface area (Å²) in [6, 6.07) is 9.58. The molecular weight excluding hydrogens is 312 g/mol. The second kappa shape index (κ2) is 9.21. The molecular formula is C21H28N2O2. The molecule has 0 unspecified atom stereocenters. The lowest BCUT2D eigenvalue weighted by Gasteiger charge is -2.15. The lowest BCUT2D eigenvalue weighted by atomic mass is 10.1. The molecule has 0 aliphatic rings. The van der Waals surface area contributed by atoms with Crippen LogP contribution in [0, 0.1) is 20.8 Å². The lowest BCUT2D eigenvalue weighted by Crippen LogP contribution is -2.17. The lowest BCUT2D eigenvalue weighted by molar-refractivity contribution is 0.102. The highest BCUT2D eigenvalue weighted by Gasteiger charge is 2.18. The molecule has 25 heavy (non-hydrogen) atoms. The van der Waals surface area contributed by atoms with Crippen LogP contribution in [0.5, 0.6) is 5.75 Å². The minimum atomic E-state index is -0.178. The molecule has 1 heterocycles. The Morgan fingerprint density at radius 2 is 1.88 bits per heavy atom. The number of hydrogen-bond donors (Lipinski definition) is 1. The Morgan fingerprint density at radius 1 is 1.12 bits per heavy atom. The molecule has 2 aromatic rings. The van der Waals surface area contributed by atoms with Crippen molar-refractivity contribution in [3.63, 3.8) is 0 Å². The molecule has 0 atom stereocenters. The molecule has 4 heteroatoms. The number of nitrogens with zero attached hydrogens (tertiary/aromatic N) is 1. The summed E-state index contributed by atoms with van der Waals surface area (Å²) in [6.45, 7) is 8.54. The molecule has 0 radical (unpaired) electrons. The van der Waals surface area contributed by atoms with Crippen LogP contribution in [0.25, 0.3) is 0 Å². The zero-order valence-electron chi connectivity index (χ0n) is 15.7. The van der Waals surface area contributed by atoms with E-state index in [-0.39, 0.29) is 5.91 Å². The number of pyridine rings is 1. The number of anilines is 1. The first kappa shape index (κ1) is 19.0. The van der Waals surface area contributed by atoms with Gasteiger partial charge in [-0.1, -0.05) is 44.4 Å². The van der Waals surface area contributed by atoms with Gasteiger partial charge in [-0.25, -0.2) is 0 Å². The number of unbranched alkanes of at least 4 members (excludes halogenated alkanes) is 3. The van der Waals surface area contributed by atoms with Gasteiger partial charge in [0.15, 0.2) is 0 Å². The topological polar surface area (TPSA) is 51.2 Å². The fourth-order valence-electron chi connectivity index (χ4n) is 2.79. The molecule has 0 aliphatic carbocycles. The molecule has 1 amide bonds. The molecule has 1 N–H and O–H groups in total. The average molecular weight is 340 g/mol. The number of benzene rings is 1. The maximum Gasteiger partial charge on any atom is 0.261 e. The number of aromatic nitrogens is 1. The maximum absolute atomic E-state index is 12.8. The van der Waals surface area contributed by atoms with Crippen LogP contribution >= 0.6 is 0 Å². The van der Waals surface area contributed by atoms with Crippen molar-refractivity contribution in [3.8, 4) is 5.75 Å². The summed E-state index contributed by atoms with van der Waals surface area (Å²) in [6.07, 6.45) is 4.54. The van der Waals surface area contributed by atoms with E-state index in [9.17, 15) is 4.79 Å². The number of rotatable bonds is 8. The van der Waals surface area contributed by atoms with Crippen molar-refractivity contribution in [1.29, 1.82) is 0 Å². The van der Waals surface area contributed by atoms with E-state index in [1.54, 1.807) is 0 Å². The standard InChI is InChI=1S/C21H28N2O2/c1-5-6-7-10-13-25-19-14-16(3)22-17(4)20(19)21(24)23-18-12-9-8-11-15(18)2/h8-9,11-12,14H,5-7,10,13H2,1-4H3,(H,23,24). The molecule has 0 aliphatic heterocycles. The SMILES string of the molecule is CCCCCCOc1cc(C)nc(C)c1C(=O)Nc1ccccc1C. The Hall–Kier alpha value is -2.36. The zero-order chi connectivity index (χ0) is 18.2. The van der Waals surface area contributed by atoms with Gasteiger partial charge in [0, 0.05) is 17.4 Å². The van der Waals surface area contributed by atoms with Gasteiger partial charge in [-0.15, -0.1) is 0 Å². The number of para-hydroxylation sites is 1. The fourth-order valence-corrected chi connectivity index (χ4v) is 2.79. The summed E-state index contributed by atoms with van der Waals surface area (Å²) in [4.78, 5) is 17.3. The van der Waals surface area contributed by atoms with E-state index in [0.717, 1.165) is 29.8 Å². The molecule has 0 saturated carbocycles. The maximum atomic E-state index is 12.8. The molecule has 0 bridgehead atoms. The largest absolute Gasteiger partial charge is 0.493 e. The summed E-state index contributed by atoms with van der Waals surface area (Å²) in [5, 5.41) is 2.98. The Kier molecular flexibility index (Phi) is 6.99. The van der Waals surface area contributed by atoms with Gasteiger partial charge < -0.3 is 10.1 Å².